The predicted octanol–water partition coefficient (Wildman–Crippen LogP) is -0.787. The Morgan fingerprint density at radius 1 is 1.90 bits per heavy atom. The lowest BCUT2D eigenvalue weighted by Gasteiger charge is -1.89. The summed E-state index contributed by atoms with van der Waals surface area (Å²) >= 11 is 5.24. The van der Waals surface area contributed by atoms with Crippen LogP contribution in [0.4, 0.5) is 0 Å². The molecule has 0 radical (unpaired) electrons. The number of nitrogens with zero attached hydrogens (tertiary/aromatic N) is 2. The van der Waals surface area contributed by atoms with Crippen molar-refractivity contribution in [1.29, 1.82) is 0 Å². The second-order valence-electron chi connectivity index (χ2n) is 1.34. The molecular weight excluding hydrogens is 160 g/mol. The van der Waals surface area contributed by atoms with Gasteiger partial charge in [0.05, 0.1) is 6.54 Å². The van der Waals surface area contributed by atoms with Crippen molar-refractivity contribution >= 4 is 17.6 Å². The van der Waals surface area contributed by atoms with Gasteiger partial charge in [0, 0.05) is 5.88 Å². The summed E-state index contributed by atoms with van der Waals surface area (Å²) in [5.41, 5.74) is 6.82. The van der Waals surface area contributed by atoms with Gasteiger partial charge in [-0.05, 0) is 5.43 Å². The van der Waals surface area contributed by atoms with Crippen LogP contribution in [0, 0.1) is 4.91 Å². The zero-order valence-corrected chi connectivity index (χ0v) is 5.88. The van der Waals surface area contributed by atoms with Crippen LogP contribution in [0.2, 0.25) is 0 Å². The maximum Gasteiger partial charge on any atom is 0.362 e. The molecule has 7 heteroatoms. The molecular formula is C3H8ClN4O2+. The van der Waals surface area contributed by atoms with Gasteiger partial charge < -0.3 is 5.73 Å². The van der Waals surface area contributed by atoms with Crippen molar-refractivity contribution in [2.75, 3.05) is 12.4 Å². The Morgan fingerprint density at radius 2 is 2.50 bits per heavy atom. The van der Waals surface area contributed by atoms with Gasteiger partial charge in [-0.3, -0.25) is 0 Å². The molecule has 0 aromatic rings. The van der Waals surface area contributed by atoms with E-state index < -0.39 is 5.03 Å². The van der Waals surface area contributed by atoms with Crippen molar-refractivity contribution in [3.63, 3.8) is 0 Å². The highest BCUT2D eigenvalue weighted by Gasteiger charge is 2.02. The van der Waals surface area contributed by atoms with E-state index in [0.717, 1.165) is 0 Å². The summed E-state index contributed by atoms with van der Waals surface area (Å²) in [5.74, 6) is 0.144. The molecule has 0 aliphatic heterocycles. The maximum atomic E-state index is 9.78. The van der Waals surface area contributed by atoms with E-state index in [9.17, 15) is 4.91 Å². The number of hydrogen-bond donors (Lipinski definition) is 3. The zero-order valence-electron chi connectivity index (χ0n) is 5.12. The fraction of sp³-hybridized carbons (Fsp3) is 0.667. The van der Waals surface area contributed by atoms with Crippen molar-refractivity contribution < 1.29 is 10.2 Å². The molecule has 0 saturated carbocycles. The molecule has 0 amide bonds. The Kier molecular flexibility index (Phi) is 4.30. The van der Waals surface area contributed by atoms with E-state index in [1.165, 1.54) is 0 Å². The molecule has 0 aliphatic rings. The van der Waals surface area contributed by atoms with E-state index in [-0.39, 0.29) is 5.96 Å². The van der Waals surface area contributed by atoms with Crippen LogP contribution in [0.5, 0.6) is 0 Å². The van der Waals surface area contributed by atoms with Crippen LogP contribution in [0.1, 0.15) is 0 Å². The fourth-order valence-electron chi connectivity index (χ4n) is 0.296. The van der Waals surface area contributed by atoms with E-state index in [1.807, 2.05) is 0 Å². The molecule has 0 atom stereocenters. The molecule has 0 fully saturated rings. The van der Waals surface area contributed by atoms with Crippen LogP contribution >= 0.6 is 11.6 Å². The largest absolute Gasteiger partial charge is 0.365 e. The third-order valence-electron chi connectivity index (χ3n) is 0.577. The van der Waals surface area contributed by atoms with Gasteiger partial charge in [-0.1, -0.05) is 0 Å². The van der Waals surface area contributed by atoms with E-state index in [1.54, 1.807) is 5.43 Å². The SMILES string of the molecule is NC(=NCCCl)N[N+](=O)O. The Balaban J connectivity index is 3.59. The molecule has 6 nitrogen and oxygen atoms in total. The van der Waals surface area contributed by atoms with Gasteiger partial charge in [-0.2, -0.15) is 0 Å². The van der Waals surface area contributed by atoms with Crippen LogP contribution in [0.15, 0.2) is 4.99 Å². The minimum atomic E-state index is -0.535. The molecule has 0 unspecified atom stereocenters. The summed E-state index contributed by atoms with van der Waals surface area (Å²) in [6, 6.07) is 0. The minimum Gasteiger partial charge on any atom is -0.365 e. The molecule has 0 aromatic carbocycles. The molecule has 0 rings (SSSR count). The van der Waals surface area contributed by atoms with Gasteiger partial charge in [-0.15, -0.1) is 11.6 Å². The number of nitrogens with one attached hydrogen (secondary N) is 1. The number of rotatable bonds is 3. The number of hydrazine groups is 1. The summed E-state index contributed by atoms with van der Waals surface area (Å²) in [4.78, 5) is 13.3. The second kappa shape index (κ2) is 4.80. The van der Waals surface area contributed by atoms with Crippen molar-refractivity contribution in [3.8, 4) is 0 Å². The predicted molar refractivity (Wildman–Crippen MR) is 35.8 cm³/mol. The molecule has 0 spiro atoms. The smallest absolute Gasteiger partial charge is 0.362 e. The Bertz CT molecular complexity index is 147. The number of nitrogens with two attached hydrogens (primary N) is 1. The van der Waals surface area contributed by atoms with E-state index >= 15 is 0 Å². The first-order valence-electron chi connectivity index (χ1n) is 2.45. The quantitative estimate of drug-likeness (QED) is 0.222. The number of aliphatic imine (C=N–C) groups is 1. The maximum absolute atomic E-state index is 9.78. The minimum absolute atomic E-state index is 0.168. The summed E-state index contributed by atoms with van der Waals surface area (Å²) < 4.78 is 0. The summed E-state index contributed by atoms with van der Waals surface area (Å²) in [6.07, 6.45) is 0. The molecule has 0 aliphatic carbocycles. The molecule has 0 bridgehead atoms. The van der Waals surface area contributed by atoms with Crippen LogP contribution in [0.3, 0.4) is 0 Å². The highest BCUT2D eigenvalue weighted by molar-refractivity contribution is 6.18. The Morgan fingerprint density at radius 3 is 2.90 bits per heavy atom. The van der Waals surface area contributed by atoms with Crippen LogP contribution < -0.4 is 11.2 Å². The number of hydrogen-bond acceptors (Lipinski definition) is 2. The molecule has 0 aromatic heterocycles. The lowest BCUT2D eigenvalue weighted by atomic mass is 10.8. The number of halogens is 1. The topological polar surface area (TPSA) is 90.7 Å². The summed E-state index contributed by atoms with van der Waals surface area (Å²) in [7, 11) is 0. The van der Waals surface area contributed by atoms with Crippen molar-refractivity contribution in [2.24, 2.45) is 10.7 Å². The van der Waals surface area contributed by atoms with Gasteiger partial charge in [0.15, 0.2) is 0 Å². The first kappa shape index (κ1) is 8.96. The normalized spacial score (nSPS) is 11.1. The number of guanidine groups is 1. The molecule has 0 saturated heterocycles. The zero-order chi connectivity index (χ0) is 7.98. The van der Waals surface area contributed by atoms with Gasteiger partial charge in [0.25, 0.3) is 5.96 Å². The van der Waals surface area contributed by atoms with Crippen LogP contribution in [0.25, 0.3) is 0 Å². The molecule has 4 N–H and O–H groups in total. The standard InChI is InChI=1S/C3H8ClN4O2/c4-1-2-6-3(5)7-8(9)10/h1-2H2,(H,9,10)(H3,5,6,7)/q+1. The van der Waals surface area contributed by atoms with Gasteiger partial charge in [-0.25, -0.2) is 10.2 Å². The van der Waals surface area contributed by atoms with Gasteiger partial charge in [0.2, 0.25) is 0 Å². The first-order valence-corrected chi connectivity index (χ1v) is 2.99. The Hall–Kier alpha value is -1.04. The lowest BCUT2D eigenvalue weighted by molar-refractivity contribution is -0.822. The highest BCUT2D eigenvalue weighted by atomic mass is 35.5. The average Bonchev–Trinajstić information content (AvgIpc) is 1.82. The fourth-order valence-corrected chi connectivity index (χ4v) is 0.381. The number of alkyl halides is 1. The van der Waals surface area contributed by atoms with Gasteiger partial charge >= 0.3 is 5.03 Å². The van der Waals surface area contributed by atoms with Crippen molar-refractivity contribution in [1.82, 2.24) is 5.43 Å². The van der Waals surface area contributed by atoms with E-state index in [2.05, 4.69) is 4.99 Å². The van der Waals surface area contributed by atoms with Gasteiger partial charge in [0.1, 0.15) is 4.91 Å². The third kappa shape index (κ3) is 5.10. The van der Waals surface area contributed by atoms with E-state index in [4.69, 9.17) is 22.5 Å². The molecule has 0 heterocycles. The second-order valence-corrected chi connectivity index (χ2v) is 1.72. The third-order valence-corrected chi connectivity index (χ3v) is 0.746. The van der Waals surface area contributed by atoms with Crippen LogP contribution in [-0.2, 0) is 0 Å². The van der Waals surface area contributed by atoms with Crippen molar-refractivity contribution in [2.45, 2.75) is 0 Å². The van der Waals surface area contributed by atoms with Crippen LogP contribution in [-0.4, -0.2) is 28.6 Å². The first-order chi connectivity index (χ1) is 4.66. The van der Waals surface area contributed by atoms with Crippen molar-refractivity contribution in [3.05, 3.63) is 4.91 Å². The average molecular weight is 168 g/mol. The highest BCUT2D eigenvalue weighted by Crippen LogP contribution is 1.74. The monoisotopic (exact) mass is 167 g/mol. The summed E-state index contributed by atoms with van der Waals surface area (Å²) in [5, 5.41) is 7.46. The molecule has 58 valence electrons. The molecule has 10 heavy (non-hydrogen) atoms. The van der Waals surface area contributed by atoms with E-state index in [0.29, 0.717) is 12.4 Å². The lowest BCUT2D eigenvalue weighted by Crippen LogP contribution is -2.37. The summed E-state index contributed by atoms with van der Waals surface area (Å²) in [6.45, 7) is 0.300. The Labute approximate surface area is 62.2 Å².